The van der Waals surface area contributed by atoms with E-state index in [1.165, 1.54) is 23.4 Å². The summed E-state index contributed by atoms with van der Waals surface area (Å²) in [7, 11) is 2.56. The fraction of sp³-hybridized carbons (Fsp3) is 0.185. The quantitative estimate of drug-likeness (QED) is 0.341. The van der Waals surface area contributed by atoms with Crippen LogP contribution in [-0.2, 0) is 10.8 Å². The van der Waals surface area contributed by atoms with Crippen LogP contribution in [0.15, 0.2) is 71.5 Å². The summed E-state index contributed by atoms with van der Waals surface area (Å²) < 4.78 is 33.3. The number of nitrogens with zero attached hydrogens (tertiary/aromatic N) is 5. The molecule has 1 aliphatic rings. The Morgan fingerprint density at radius 1 is 1.05 bits per heavy atom. The van der Waals surface area contributed by atoms with Crippen LogP contribution in [0.25, 0.3) is 44.9 Å². The first kappa shape index (κ1) is 23.2. The maximum atomic E-state index is 13.7. The second-order valence-electron chi connectivity index (χ2n) is 9.10. The van der Waals surface area contributed by atoms with Crippen LogP contribution in [-0.4, -0.2) is 60.4 Å². The summed E-state index contributed by atoms with van der Waals surface area (Å²) in [4.78, 5) is 23.2. The molecule has 1 amide bonds. The smallest absolute Gasteiger partial charge is 0.254 e. The number of benzene rings is 2. The van der Waals surface area contributed by atoms with Gasteiger partial charge in [0.1, 0.15) is 23.6 Å². The number of carbonyl (C=O) groups is 1. The molecule has 37 heavy (non-hydrogen) atoms. The second-order valence-corrected chi connectivity index (χ2v) is 10.6. The van der Waals surface area contributed by atoms with E-state index < -0.39 is 10.8 Å². The summed E-state index contributed by atoms with van der Waals surface area (Å²) in [6.45, 7) is 0. The summed E-state index contributed by atoms with van der Waals surface area (Å²) in [5.41, 5.74) is 4.21. The molecule has 3 aromatic heterocycles. The highest BCUT2D eigenvalue weighted by atomic mass is 32.2. The zero-order valence-corrected chi connectivity index (χ0v) is 20.9. The number of hydrogen-bond donors (Lipinski definition) is 0. The Morgan fingerprint density at radius 2 is 1.81 bits per heavy atom. The van der Waals surface area contributed by atoms with Crippen molar-refractivity contribution in [2.45, 2.75) is 6.04 Å². The lowest BCUT2D eigenvalue weighted by Crippen LogP contribution is -2.33. The first-order chi connectivity index (χ1) is 17.9. The Labute approximate surface area is 214 Å². The van der Waals surface area contributed by atoms with Gasteiger partial charge in [0, 0.05) is 59.3 Å². The normalized spacial score (nSPS) is 17.1. The zero-order valence-electron chi connectivity index (χ0n) is 20.1. The minimum absolute atomic E-state index is 0.0231. The third kappa shape index (κ3) is 4.13. The molecule has 0 bridgehead atoms. The summed E-state index contributed by atoms with van der Waals surface area (Å²) in [6.07, 6.45) is 3.31. The van der Waals surface area contributed by atoms with Gasteiger partial charge < -0.3 is 9.32 Å². The Hall–Kier alpha value is -4.18. The molecule has 2 aromatic carbocycles. The molecule has 8 nitrogen and oxygen atoms in total. The van der Waals surface area contributed by atoms with E-state index in [1.807, 2.05) is 35.1 Å². The van der Waals surface area contributed by atoms with Gasteiger partial charge in [0.05, 0.1) is 22.7 Å². The predicted octanol–water partition coefficient (Wildman–Crippen LogP) is 4.56. The molecule has 0 atom stereocenters. The molecule has 0 N–H and O–H groups in total. The Kier molecular flexibility index (Phi) is 5.68. The highest BCUT2D eigenvalue weighted by molar-refractivity contribution is 7.86. The third-order valence-electron chi connectivity index (χ3n) is 6.39. The molecule has 6 rings (SSSR count). The first-order valence-corrected chi connectivity index (χ1v) is 13.1. The Bertz CT molecular complexity index is 1670. The predicted molar refractivity (Wildman–Crippen MR) is 139 cm³/mol. The molecular weight excluding hydrogens is 493 g/mol. The maximum Gasteiger partial charge on any atom is 0.254 e. The molecule has 0 spiro atoms. The number of carbonyl (C=O) groups excluding carboxylic acids is 1. The second kappa shape index (κ2) is 9.04. The van der Waals surface area contributed by atoms with Crippen molar-refractivity contribution in [3.63, 3.8) is 0 Å². The molecule has 4 heterocycles. The fourth-order valence-corrected chi connectivity index (χ4v) is 5.50. The monoisotopic (exact) mass is 515 g/mol. The van der Waals surface area contributed by atoms with Gasteiger partial charge in [-0.05, 0) is 36.4 Å². The number of amides is 1. The zero-order chi connectivity index (χ0) is 25.7. The van der Waals surface area contributed by atoms with Gasteiger partial charge in [0.25, 0.3) is 5.91 Å². The van der Waals surface area contributed by atoms with E-state index in [1.54, 1.807) is 32.3 Å². The van der Waals surface area contributed by atoms with Crippen LogP contribution < -0.4 is 0 Å². The van der Waals surface area contributed by atoms with Crippen molar-refractivity contribution in [2.24, 2.45) is 0 Å². The van der Waals surface area contributed by atoms with Gasteiger partial charge in [0.2, 0.25) is 5.71 Å². The van der Waals surface area contributed by atoms with E-state index in [-0.39, 0.29) is 17.8 Å². The summed E-state index contributed by atoms with van der Waals surface area (Å²) in [6, 6.07) is 15.2. The summed E-state index contributed by atoms with van der Waals surface area (Å²) in [5.74, 6) is 1.09. The minimum Gasteiger partial charge on any atom is -0.438 e. The van der Waals surface area contributed by atoms with Crippen LogP contribution in [0, 0.1) is 5.82 Å². The molecule has 186 valence electrons. The fourth-order valence-electron chi connectivity index (χ4n) is 4.43. The number of fused-ring (bicyclic) bond motifs is 1. The lowest BCUT2D eigenvalue weighted by molar-refractivity contribution is 0.0828. The van der Waals surface area contributed by atoms with Crippen molar-refractivity contribution in [2.75, 3.05) is 25.6 Å². The molecule has 0 saturated carbocycles. The highest BCUT2D eigenvalue weighted by Crippen LogP contribution is 2.38. The van der Waals surface area contributed by atoms with E-state index in [0.29, 0.717) is 50.9 Å². The van der Waals surface area contributed by atoms with Crippen LogP contribution in [0.4, 0.5) is 4.39 Å². The van der Waals surface area contributed by atoms with Gasteiger partial charge in [-0.15, -0.1) is 0 Å². The summed E-state index contributed by atoms with van der Waals surface area (Å²) in [5, 5.41) is 5.45. The van der Waals surface area contributed by atoms with E-state index in [9.17, 15) is 13.4 Å². The van der Waals surface area contributed by atoms with Crippen molar-refractivity contribution in [1.29, 1.82) is 0 Å². The minimum atomic E-state index is -0.844. The average molecular weight is 516 g/mol. The first-order valence-electron chi connectivity index (χ1n) is 11.6. The highest BCUT2D eigenvalue weighted by Gasteiger charge is 2.30. The van der Waals surface area contributed by atoms with Crippen molar-refractivity contribution >= 4 is 27.8 Å². The van der Waals surface area contributed by atoms with Gasteiger partial charge in [0.15, 0.2) is 0 Å². The number of furan rings is 1. The topological polar surface area (TPSA) is 94.1 Å². The lowest BCUT2D eigenvalue weighted by atomic mass is 10.0. The van der Waals surface area contributed by atoms with Crippen LogP contribution in [0.2, 0.25) is 0 Å². The van der Waals surface area contributed by atoms with Gasteiger partial charge in [-0.25, -0.2) is 14.4 Å². The number of rotatable bonds is 5. The SMILES string of the molecule is CN(C)C(=O)c1ccccc1-c1cc2c(-c3cn(C4CS(=O)C4)nc3-c3ccc(F)cc3)ncnc2o1. The van der Waals surface area contributed by atoms with Crippen molar-refractivity contribution in [3.05, 3.63) is 78.5 Å². The molecule has 0 aliphatic carbocycles. The van der Waals surface area contributed by atoms with Crippen LogP contribution in [0.3, 0.4) is 0 Å². The van der Waals surface area contributed by atoms with Crippen molar-refractivity contribution in [3.8, 4) is 33.8 Å². The van der Waals surface area contributed by atoms with Gasteiger partial charge in [-0.3, -0.25) is 13.7 Å². The Morgan fingerprint density at radius 3 is 2.54 bits per heavy atom. The molecular formula is C27H22FN5O3S. The average Bonchev–Trinajstić information content (AvgIpc) is 3.51. The molecule has 5 aromatic rings. The lowest BCUT2D eigenvalue weighted by Gasteiger charge is -2.24. The standard InChI is InChI=1S/C27H22FN5O3S/c1-32(2)27(34)20-6-4-3-5-19(20)23-11-21-25(29-15-30-26(21)36-23)22-12-33(18-13-37(35)14-18)31-24(22)16-7-9-17(28)10-8-16/h3-12,15,18H,13-14H2,1-2H3. The molecule has 0 radical (unpaired) electrons. The molecule has 1 saturated heterocycles. The third-order valence-corrected chi connectivity index (χ3v) is 7.91. The van der Waals surface area contributed by atoms with E-state index in [4.69, 9.17) is 9.52 Å². The van der Waals surface area contributed by atoms with E-state index in [0.717, 1.165) is 11.1 Å². The Balaban J connectivity index is 1.51. The largest absolute Gasteiger partial charge is 0.438 e. The van der Waals surface area contributed by atoms with Gasteiger partial charge >= 0.3 is 0 Å². The molecule has 1 fully saturated rings. The van der Waals surface area contributed by atoms with Crippen LogP contribution in [0.1, 0.15) is 16.4 Å². The van der Waals surface area contributed by atoms with Gasteiger partial charge in [-0.2, -0.15) is 5.10 Å². The number of aromatic nitrogens is 4. The van der Waals surface area contributed by atoms with E-state index in [2.05, 4.69) is 9.97 Å². The number of hydrogen-bond acceptors (Lipinski definition) is 6. The number of halogens is 1. The maximum absolute atomic E-state index is 13.7. The van der Waals surface area contributed by atoms with Crippen molar-refractivity contribution < 1.29 is 17.8 Å². The molecule has 1 aliphatic heterocycles. The molecule has 10 heteroatoms. The van der Waals surface area contributed by atoms with Crippen LogP contribution >= 0.6 is 0 Å². The van der Waals surface area contributed by atoms with Crippen LogP contribution in [0.5, 0.6) is 0 Å². The summed E-state index contributed by atoms with van der Waals surface area (Å²) >= 11 is 0. The molecule has 0 unspecified atom stereocenters. The van der Waals surface area contributed by atoms with Gasteiger partial charge in [-0.1, -0.05) is 18.2 Å². The van der Waals surface area contributed by atoms with E-state index >= 15 is 0 Å². The van der Waals surface area contributed by atoms with Crippen molar-refractivity contribution in [1.82, 2.24) is 24.6 Å².